The number of nitriles is 1. The van der Waals surface area contributed by atoms with Crippen molar-refractivity contribution in [3.63, 3.8) is 0 Å². The fourth-order valence-corrected chi connectivity index (χ4v) is 3.94. The van der Waals surface area contributed by atoms with Gasteiger partial charge in [0.1, 0.15) is 0 Å². The maximum atomic E-state index is 12.7. The predicted octanol–water partition coefficient (Wildman–Crippen LogP) is 4.66. The van der Waals surface area contributed by atoms with Gasteiger partial charge in [0, 0.05) is 25.0 Å². The summed E-state index contributed by atoms with van der Waals surface area (Å²) in [6.07, 6.45) is 6.79. The summed E-state index contributed by atoms with van der Waals surface area (Å²) < 4.78 is 0. The third-order valence-electron chi connectivity index (χ3n) is 5.58. The fraction of sp³-hybridized carbons (Fsp3) is 0.240. The molecule has 0 aliphatic carbocycles. The molecule has 1 aliphatic heterocycles. The Kier molecular flexibility index (Phi) is 6.05. The molecule has 0 spiro atoms. The minimum atomic E-state index is -0.224. The van der Waals surface area contributed by atoms with E-state index < -0.39 is 0 Å². The summed E-state index contributed by atoms with van der Waals surface area (Å²) in [6, 6.07) is 21.5. The number of nitrogens with zero attached hydrogens (tertiary/aromatic N) is 3. The summed E-state index contributed by atoms with van der Waals surface area (Å²) in [5.41, 5.74) is 4.01. The molecule has 0 atom stereocenters. The van der Waals surface area contributed by atoms with Crippen molar-refractivity contribution < 1.29 is 4.79 Å². The van der Waals surface area contributed by atoms with Crippen LogP contribution < -0.4 is 10.2 Å². The number of hydrogen-bond donors (Lipinski definition) is 1. The summed E-state index contributed by atoms with van der Waals surface area (Å²) in [7, 11) is 0. The number of aromatic nitrogens is 1. The van der Waals surface area contributed by atoms with Crippen LogP contribution in [0.3, 0.4) is 0 Å². The minimum Gasteiger partial charge on any atom is -0.370 e. The average molecular weight is 396 g/mol. The smallest absolute Gasteiger partial charge is 0.257 e. The molecular formula is C25H24N4O. The van der Waals surface area contributed by atoms with Gasteiger partial charge in [0.25, 0.3) is 5.91 Å². The lowest BCUT2D eigenvalue weighted by molar-refractivity contribution is 0.102. The Bertz CT molecular complexity index is 1050. The SMILES string of the molecule is N#Cc1cccc(NC(=O)c2cncc(N3CCC(Cc4ccccc4)CC3)c2)c1. The van der Waals surface area contributed by atoms with E-state index in [1.807, 2.05) is 12.3 Å². The summed E-state index contributed by atoms with van der Waals surface area (Å²) in [5, 5.41) is 11.9. The van der Waals surface area contributed by atoms with Crippen molar-refractivity contribution in [3.05, 3.63) is 89.7 Å². The van der Waals surface area contributed by atoms with Crippen molar-refractivity contribution in [2.24, 2.45) is 5.92 Å². The molecule has 2 aromatic carbocycles. The first-order valence-electron chi connectivity index (χ1n) is 10.3. The molecule has 4 rings (SSSR count). The molecule has 0 saturated carbocycles. The molecule has 1 N–H and O–H groups in total. The highest BCUT2D eigenvalue weighted by atomic mass is 16.1. The molecule has 5 nitrogen and oxygen atoms in total. The lowest BCUT2D eigenvalue weighted by Crippen LogP contribution is -2.34. The van der Waals surface area contributed by atoms with E-state index in [0.717, 1.165) is 38.0 Å². The van der Waals surface area contributed by atoms with Crippen LogP contribution in [0, 0.1) is 17.2 Å². The van der Waals surface area contributed by atoms with Crippen LogP contribution in [0.4, 0.5) is 11.4 Å². The van der Waals surface area contributed by atoms with Crippen molar-refractivity contribution in [1.29, 1.82) is 5.26 Å². The fourth-order valence-electron chi connectivity index (χ4n) is 3.94. The zero-order valence-electron chi connectivity index (χ0n) is 16.8. The van der Waals surface area contributed by atoms with Crippen LogP contribution in [0.25, 0.3) is 0 Å². The number of benzene rings is 2. The summed E-state index contributed by atoms with van der Waals surface area (Å²) in [5.74, 6) is 0.467. The quantitative estimate of drug-likeness (QED) is 0.681. The molecule has 150 valence electrons. The first-order chi connectivity index (χ1) is 14.7. The third kappa shape index (κ3) is 4.84. The number of nitrogens with one attached hydrogen (secondary N) is 1. The second-order valence-corrected chi connectivity index (χ2v) is 7.70. The van der Waals surface area contributed by atoms with Gasteiger partial charge in [-0.2, -0.15) is 5.26 Å². The van der Waals surface area contributed by atoms with Crippen LogP contribution in [0.15, 0.2) is 73.1 Å². The van der Waals surface area contributed by atoms with Gasteiger partial charge in [0.2, 0.25) is 0 Å². The number of rotatable bonds is 5. The second-order valence-electron chi connectivity index (χ2n) is 7.70. The molecule has 1 amide bonds. The predicted molar refractivity (Wildman–Crippen MR) is 118 cm³/mol. The van der Waals surface area contributed by atoms with Gasteiger partial charge in [-0.15, -0.1) is 0 Å². The van der Waals surface area contributed by atoms with Crippen molar-refractivity contribution in [2.75, 3.05) is 23.3 Å². The molecule has 1 aromatic heterocycles. The molecule has 0 bridgehead atoms. The molecule has 1 fully saturated rings. The van der Waals surface area contributed by atoms with Gasteiger partial charge in [-0.3, -0.25) is 9.78 Å². The number of amides is 1. The Labute approximate surface area is 177 Å². The normalized spacial score (nSPS) is 14.2. The first-order valence-corrected chi connectivity index (χ1v) is 10.3. The van der Waals surface area contributed by atoms with Crippen LogP contribution in [-0.2, 0) is 6.42 Å². The highest BCUT2D eigenvalue weighted by Gasteiger charge is 2.20. The zero-order valence-corrected chi connectivity index (χ0v) is 16.8. The van der Waals surface area contributed by atoms with E-state index in [4.69, 9.17) is 5.26 Å². The lowest BCUT2D eigenvalue weighted by Gasteiger charge is -2.33. The third-order valence-corrected chi connectivity index (χ3v) is 5.58. The number of pyridine rings is 1. The number of hydrogen-bond acceptors (Lipinski definition) is 4. The molecular weight excluding hydrogens is 372 g/mol. The van der Waals surface area contributed by atoms with Crippen LogP contribution in [0.5, 0.6) is 0 Å². The standard InChI is InChI=1S/C25H24N4O/c26-16-21-7-4-8-23(14-21)28-25(30)22-15-24(18-27-17-22)29-11-9-20(10-12-29)13-19-5-2-1-3-6-19/h1-8,14-15,17-18,20H,9-13H2,(H,28,30). The topological polar surface area (TPSA) is 69.0 Å². The van der Waals surface area contributed by atoms with Gasteiger partial charge in [0.05, 0.1) is 29.1 Å². The summed E-state index contributed by atoms with van der Waals surface area (Å²) in [6.45, 7) is 1.93. The van der Waals surface area contributed by atoms with Crippen LogP contribution in [0.1, 0.15) is 34.3 Å². The lowest BCUT2D eigenvalue weighted by atomic mass is 9.90. The van der Waals surface area contributed by atoms with Crippen molar-refractivity contribution in [3.8, 4) is 6.07 Å². The minimum absolute atomic E-state index is 0.224. The van der Waals surface area contributed by atoms with Gasteiger partial charge in [0.15, 0.2) is 0 Å². The maximum absolute atomic E-state index is 12.7. The second kappa shape index (κ2) is 9.23. The van der Waals surface area contributed by atoms with E-state index in [1.165, 1.54) is 5.56 Å². The molecule has 1 aliphatic rings. The Morgan fingerprint density at radius 1 is 1.07 bits per heavy atom. The van der Waals surface area contributed by atoms with E-state index in [1.54, 1.807) is 30.5 Å². The molecule has 30 heavy (non-hydrogen) atoms. The molecule has 2 heterocycles. The van der Waals surface area contributed by atoms with E-state index >= 15 is 0 Å². The Balaban J connectivity index is 1.37. The molecule has 5 heteroatoms. The molecule has 1 saturated heterocycles. The van der Waals surface area contributed by atoms with Gasteiger partial charge < -0.3 is 10.2 Å². The number of carbonyl (C=O) groups excluding carboxylic acids is 1. The molecule has 3 aromatic rings. The number of anilines is 2. The Morgan fingerprint density at radius 2 is 1.87 bits per heavy atom. The van der Waals surface area contributed by atoms with E-state index in [2.05, 4.69) is 51.6 Å². The highest BCUT2D eigenvalue weighted by molar-refractivity contribution is 6.04. The average Bonchev–Trinajstić information content (AvgIpc) is 2.80. The number of carbonyl (C=O) groups is 1. The van der Waals surface area contributed by atoms with Gasteiger partial charge in [-0.05, 0) is 55.0 Å². The number of piperidine rings is 1. The van der Waals surface area contributed by atoms with Crippen molar-refractivity contribution in [1.82, 2.24) is 4.98 Å². The van der Waals surface area contributed by atoms with E-state index in [-0.39, 0.29) is 5.91 Å². The molecule has 0 unspecified atom stereocenters. The van der Waals surface area contributed by atoms with Crippen LogP contribution in [0.2, 0.25) is 0 Å². The van der Waals surface area contributed by atoms with Crippen molar-refractivity contribution >= 4 is 17.3 Å². The van der Waals surface area contributed by atoms with Crippen LogP contribution >= 0.6 is 0 Å². The monoisotopic (exact) mass is 396 g/mol. The summed E-state index contributed by atoms with van der Waals surface area (Å²) >= 11 is 0. The van der Waals surface area contributed by atoms with Crippen LogP contribution in [-0.4, -0.2) is 24.0 Å². The van der Waals surface area contributed by atoms with E-state index in [9.17, 15) is 4.79 Å². The zero-order chi connectivity index (χ0) is 20.8. The Morgan fingerprint density at radius 3 is 2.63 bits per heavy atom. The van der Waals surface area contributed by atoms with E-state index in [0.29, 0.717) is 22.7 Å². The Hall–Kier alpha value is -3.65. The van der Waals surface area contributed by atoms with Gasteiger partial charge >= 0.3 is 0 Å². The largest absolute Gasteiger partial charge is 0.370 e. The first kappa shape index (κ1) is 19.7. The molecule has 0 radical (unpaired) electrons. The van der Waals surface area contributed by atoms with Crippen molar-refractivity contribution in [2.45, 2.75) is 19.3 Å². The van der Waals surface area contributed by atoms with Gasteiger partial charge in [-0.1, -0.05) is 36.4 Å². The summed E-state index contributed by atoms with van der Waals surface area (Å²) in [4.78, 5) is 19.2. The van der Waals surface area contributed by atoms with Gasteiger partial charge in [-0.25, -0.2) is 0 Å². The highest BCUT2D eigenvalue weighted by Crippen LogP contribution is 2.26. The maximum Gasteiger partial charge on any atom is 0.257 e.